The average Bonchev–Trinajstić information content (AvgIpc) is 2.43. The first-order chi connectivity index (χ1) is 9.75. The molecule has 0 aliphatic heterocycles. The molecule has 0 unspecified atom stereocenters. The lowest BCUT2D eigenvalue weighted by Crippen LogP contribution is -2.37. The Bertz CT molecular complexity index is 566. The molecule has 2 N–H and O–H groups in total. The minimum Gasteiger partial charge on any atom is -0.491 e. The third kappa shape index (κ3) is 5.28. The van der Waals surface area contributed by atoms with E-state index in [1.54, 1.807) is 0 Å². The van der Waals surface area contributed by atoms with E-state index in [2.05, 4.69) is 4.98 Å². The summed E-state index contributed by atoms with van der Waals surface area (Å²) in [6.07, 6.45) is 2.17. The van der Waals surface area contributed by atoms with Crippen molar-refractivity contribution in [1.82, 2.24) is 4.98 Å². The van der Waals surface area contributed by atoms with Crippen LogP contribution in [0, 0.1) is 12.3 Å². The van der Waals surface area contributed by atoms with Gasteiger partial charge in [-0.2, -0.15) is 0 Å². The Labute approximate surface area is 128 Å². The molecular weight excluding hydrogens is 288 g/mol. The van der Waals surface area contributed by atoms with Crippen molar-refractivity contribution in [3.05, 3.63) is 23.5 Å². The minimum atomic E-state index is -3.53. The van der Waals surface area contributed by atoms with Gasteiger partial charge in [-0.25, -0.2) is 13.6 Å². The van der Waals surface area contributed by atoms with Gasteiger partial charge in [-0.3, -0.25) is 4.98 Å². The summed E-state index contributed by atoms with van der Waals surface area (Å²) in [6, 6.07) is 3.79. The summed E-state index contributed by atoms with van der Waals surface area (Å²) >= 11 is 0. The lowest BCUT2D eigenvalue weighted by atomic mass is 9.85. The summed E-state index contributed by atoms with van der Waals surface area (Å²) in [7, 11) is -3.53. The van der Waals surface area contributed by atoms with E-state index in [9.17, 15) is 8.42 Å². The highest BCUT2D eigenvalue weighted by Gasteiger charge is 2.32. The summed E-state index contributed by atoms with van der Waals surface area (Å²) in [6.45, 7) is 8.21. The highest BCUT2D eigenvalue weighted by Crippen LogP contribution is 2.30. The molecule has 0 radical (unpaired) electrons. The molecule has 0 fully saturated rings. The third-order valence-electron chi connectivity index (χ3n) is 3.95. The molecule has 1 aromatic rings. The van der Waals surface area contributed by atoms with Gasteiger partial charge < -0.3 is 4.74 Å². The fourth-order valence-corrected chi connectivity index (χ4v) is 3.69. The number of sulfonamides is 1. The Morgan fingerprint density at radius 1 is 1.24 bits per heavy atom. The van der Waals surface area contributed by atoms with Gasteiger partial charge in [0, 0.05) is 11.1 Å². The maximum Gasteiger partial charge on any atom is 0.209 e. The van der Waals surface area contributed by atoms with Gasteiger partial charge in [0.2, 0.25) is 10.0 Å². The first-order valence-electron chi connectivity index (χ1n) is 7.35. The summed E-state index contributed by atoms with van der Waals surface area (Å²) < 4.78 is 28.8. The number of nitrogens with two attached hydrogens (primary N) is 1. The van der Waals surface area contributed by atoms with Crippen LogP contribution >= 0.6 is 0 Å². The van der Waals surface area contributed by atoms with Gasteiger partial charge in [-0.1, -0.05) is 20.8 Å². The largest absolute Gasteiger partial charge is 0.491 e. The van der Waals surface area contributed by atoms with Crippen molar-refractivity contribution < 1.29 is 13.2 Å². The van der Waals surface area contributed by atoms with E-state index in [0.717, 1.165) is 23.6 Å². The zero-order valence-electron chi connectivity index (χ0n) is 13.3. The van der Waals surface area contributed by atoms with Gasteiger partial charge in [0.25, 0.3) is 0 Å². The van der Waals surface area contributed by atoms with Crippen molar-refractivity contribution in [2.75, 3.05) is 12.4 Å². The fourth-order valence-electron chi connectivity index (χ4n) is 2.34. The Balaban J connectivity index is 2.92. The summed E-state index contributed by atoms with van der Waals surface area (Å²) in [4.78, 5) is 4.45. The number of aryl methyl sites for hydroxylation is 2. The Kier molecular flexibility index (Phi) is 6.16. The summed E-state index contributed by atoms with van der Waals surface area (Å²) in [5.41, 5.74) is 1.39. The average molecular weight is 314 g/mol. The predicted molar refractivity (Wildman–Crippen MR) is 84.8 cm³/mol. The second-order valence-corrected chi connectivity index (χ2v) is 7.17. The topological polar surface area (TPSA) is 82.3 Å². The van der Waals surface area contributed by atoms with E-state index >= 15 is 0 Å². The number of primary sulfonamides is 1. The monoisotopic (exact) mass is 314 g/mol. The van der Waals surface area contributed by atoms with E-state index in [1.165, 1.54) is 0 Å². The number of ether oxygens (including phenoxy) is 1. The number of hydrogen-bond donors (Lipinski definition) is 1. The van der Waals surface area contributed by atoms with Crippen molar-refractivity contribution in [1.29, 1.82) is 0 Å². The first kappa shape index (κ1) is 17.9. The van der Waals surface area contributed by atoms with Gasteiger partial charge in [0.05, 0.1) is 18.1 Å². The van der Waals surface area contributed by atoms with E-state index in [4.69, 9.17) is 9.88 Å². The summed E-state index contributed by atoms with van der Waals surface area (Å²) in [5, 5.41) is 5.22. The molecular formula is C15H26N2O3S. The lowest BCUT2D eigenvalue weighted by Gasteiger charge is -2.30. The van der Waals surface area contributed by atoms with E-state index in [-0.39, 0.29) is 5.75 Å². The molecule has 6 heteroatoms. The van der Waals surface area contributed by atoms with Crippen molar-refractivity contribution in [3.8, 4) is 5.75 Å². The standard InChI is InChI=1S/C15H26N2O3S/c1-5-13-14(9-8-12(4)17-13)20-10-15(6-2,7-3)11-21(16,18)19/h8-9H,5-7,10-11H2,1-4H3,(H2,16,18,19). The Morgan fingerprint density at radius 3 is 2.33 bits per heavy atom. The number of hydrogen-bond acceptors (Lipinski definition) is 4. The number of rotatable bonds is 8. The SMILES string of the molecule is CCc1nc(C)ccc1OCC(CC)(CC)CS(N)(=O)=O. The van der Waals surface area contributed by atoms with Gasteiger partial charge in [-0.05, 0) is 38.3 Å². The highest BCUT2D eigenvalue weighted by molar-refractivity contribution is 7.89. The van der Waals surface area contributed by atoms with Gasteiger partial charge >= 0.3 is 0 Å². The molecule has 0 spiro atoms. The van der Waals surface area contributed by atoms with Crippen molar-refractivity contribution in [2.45, 2.75) is 47.0 Å². The predicted octanol–water partition coefficient (Wildman–Crippen LogP) is 2.43. The molecule has 5 nitrogen and oxygen atoms in total. The zero-order valence-corrected chi connectivity index (χ0v) is 14.2. The molecule has 0 atom stereocenters. The van der Waals surface area contributed by atoms with Crippen LogP contribution < -0.4 is 9.88 Å². The third-order valence-corrected chi connectivity index (χ3v) is 4.96. The molecule has 0 bridgehead atoms. The second kappa shape index (κ2) is 7.22. The molecule has 0 aliphatic rings. The maximum atomic E-state index is 11.5. The second-order valence-electron chi connectivity index (χ2n) is 5.55. The number of nitrogens with zero attached hydrogens (tertiary/aromatic N) is 1. The normalized spacial score (nSPS) is 12.4. The van der Waals surface area contributed by atoms with Gasteiger partial charge in [0.15, 0.2) is 0 Å². The van der Waals surface area contributed by atoms with Crippen molar-refractivity contribution in [3.63, 3.8) is 0 Å². The van der Waals surface area contributed by atoms with Crippen LogP contribution in [0.4, 0.5) is 0 Å². The van der Waals surface area contributed by atoms with Crippen LogP contribution in [-0.2, 0) is 16.4 Å². The molecule has 1 rings (SSSR count). The Morgan fingerprint density at radius 2 is 1.86 bits per heavy atom. The molecule has 0 amide bonds. The van der Waals surface area contributed by atoms with Gasteiger partial charge in [0.1, 0.15) is 5.75 Å². The quantitative estimate of drug-likeness (QED) is 0.799. The molecule has 120 valence electrons. The molecule has 1 aromatic heterocycles. The van der Waals surface area contributed by atoms with Crippen LogP contribution in [0.2, 0.25) is 0 Å². The molecule has 0 aromatic carbocycles. The number of aromatic nitrogens is 1. The van der Waals surface area contributed by atoms with Gasteiger partial charge in [-0.15, -0.1) is 0 Å². The molecule has 0 saturated heterocycles. The molecule has 0 saturated carbocycles. The molecule has 21 heavy (non-hydrogen) atoms. The van der Waals surface area contributed by atoms with Crippen LogP contribution in [0.1, 0.15) is 45.0 Å². The van der Waals surface area contributed by atoms with E-state index in [0.29, 0.717) is 19.4 Å². The van der Waals surface area contributed by atoms with Crippen LogP contribution in [0.3, 0.4) is 0 Å². The highest BCUT2D eigenvalue weighted by atomic mass is 32.2. The molecule has 0 aliphatic carbocycles. The van der Waals surface area contributed by atoms with Crippen LogP contribution in [0.15, 0.2) is 12.1 Å². The van der Waals surface area contributed by atoms with Crippen molar-refractivity contribution in [2.24, 2.45) is 10.6 Å². The minimum absolute atomic E-state index is 0.0618. The zero-order chi connectivity index (χ0) is 16.1. The number of pyridine rings is 1. The maximum absolute atomic E-state index is 11.5. The van der Waals surface area contributed by atoms with E-state index < -0.39 is 15.4 Å². The first-order valence-corrected chi connectivity index (χ1v) is 9.06. The van der Waals surface area contributed by atoms with E-state index in [1.807, 2.05) is 39.8 Å². The Hall–Kier alpha value is -1.14. The lowest BCUT2D eigenvalue weighted by molar-refractivity contribution is 0.153. The molecule has 1 heterocycles. The smallest absolute Gasteiger partial charge is 0.209 e. The fraction of sp³-hybridized carbons (Fsp3) is 0.667. The van der Waals surface area contributed by atoms with Crippen molar-refractivity contribution >= 4 is 10.0 Å². The van der Waals surface area contributed by atoms with Crippen LogP contribution in [0.5, 0.6) is 5.75 Å². The van der Waals surface area contributed by atoms with Crippen LogP contribution in [0.25, 0.3) is 0 Å². The summed E-state index contributed by atoms with van der Waals surface area (Å²) in [5.74, 6) is 0.664. The van der Waals surface area contributed by atoms with Crippen LogP contribution in [-0.4, -0.2) is 25.8 Å².